The van der Waals surface area contributed by atoms with Crippen LogP contribution in [0.15, 0.2) is 40.9 Å². The number of nitrogens with one attached hydrogen (secondary N) is 1. The summed E-state index contributed by atoms with van der Waals surface area (Å²) in [6, 6.07) is 11.8. The molecule has 0 atom stereocenters. The normalized spacial score (nSPS) is 9.89. The van der Waals surface area contributed by atoms with Gasteiger partial charge in [0.2, 0.25) is 0 Å². The Hall–Kier alpha value is -1.57. The van der Waals surface area contributed by atoms with Gasteiger partial charge in [-0.25, -0.2) is 4.39 Å². The van der Waals surface area contributed by atoms with Crippen molar-refractivity contribution in [3.05, 3.63) is 57.3 Å². The highest BCUT2D eigenvalue weighted by molar-refractivity contribution is 9.10. The maximum atomic E-state index is 13.7. The molecule has 2 nitrogen and oxygen atoms in total. The lowest BCUT2D eigenvalue weighted by Crippen LogP contribution is -1.95. The monoisotopic (exact) mass is 324 g/mol. The Morgan fingerprint density at radius 3 is 2.67 bits per heavy atom. The van der Waals surface area contributed by atoms with Crippen molar-refractivity contribution in [2.24, 2.45) is 0 Å². The van der Waals surface area contributed by atoms with E-state index in [0.717, 1.165) is 0 Å². The number of nitrogens with zero attached hydrogens (tertiary/aromatic N) is 1. The Bertz CT molecular complexity index is 637. The van der Waals surface area contributed by atoms with Gasteiger partial charge >= 0.3 is 0 Å². The van der Waals surface area contributed by atoms with E-state index in [1.54, 1.807) is 30.3 Å². The molecule has 0 radical (unpaired) electrons. The number of benzene rings is 2. The van der Waals surface area contributed by atoms with E-state index in [1.165, 1.54) is 6.07 Å². The lowest BCUT2D eigenvalue weighted by atomic mass is 10.2. The van der Waals surface area contributed by atoms with Gasteiger partial charge in [0, 0.05) is 4.47 Å². The van der Waals surface area contributed by atoms with E-state index >= 15 is 0 Å². The average Bonchev–Trinajstić information content (AvgIpc) is 2.37. The zero-order chi connectivity index (χ0) is 13.1. The molecule has 2 rings (SSSR count). The number of rotatable bonds is 2. The highest BCUT2D eigenvalue weighted by Gasteiger charge is 2.08. The molecule has 0 aliphatic carbocycles. The van der Waals surface area contributed by atoms with Crippen molar-refractivity contribution in [2.45, 2.75) is 0 Å². The van der Waals surface area contributed by atoms with Crippen molar-refractivity contribution < 1.29 is 4.39 Å². The minimum Gasteiger partial charge on any atom is -0.352 e. The average molecular weight is 326 g/mol. The lowest BCUT2D eigenvalue weighted by Gasteiger charge is -2.10. The van der Waals surface area contributed by atoms with Gasteiger partial charge in [0.15, 0.2) is 5.82 Å². The molecular formula is C13H7BrClFN2. The molecule has 0 spiro atoms. The first kappa shape index (κ1) is 12.9. The van der Waals surface area contributed by atoms with Gasteiger partial charge in [0.05, 0.1) is 28.0 Å². The molecule has 2 aromatic carbocycles. The number of anilines is 2. The number of halogens is 3. The summed E-state index contributed by atoms with van der Waals surface area (Å²) in [5.41, 5.74) is 1.47. The Morgan fingerprint density at radius 1 is 1.22 bits per heavy atom. The van der Waals surface area contributed by atoms with E-state index in [4.69, 9.17) is 16.9 Å². The fourth-order valence-corrected chi connectivity index (χ4v) is 2.08. The lowest BCUT2D eigenvalue weighted by molar-refractivity contribution is 0.632. The summed E-state index contributed by atoms with van der Waals surface area (Å²) in [6.07, 6.45) is 0. The molecular weight excluding hydrogens is 319 g/mol. The van der Waals surface area contributed by atoms with Gasteiger partial charge in [-0.3, -0.25) is 0 Å². The zero-order valence-corrected chi connectivity index (χ0v) is 11.4. The highest BCUT2D eigenvalue weighted by atomic mass is 79.9. The van der Waals surface area contributed by atoms with E-state index in [0.29, 0.717) is 15.7 Å². The summed E-state index contributed by atoms with van der Waals surface area (Å²) in [7, 11) is 0. The van der Waals surface area contributed by atoms with Gasteiger partial charge in [-0.2, -0.15) is 5.26 Å². The Morgan fingerprint density at radius 2 is 2.00 bits per heavy atom. The smallest absolute Gasteiger partial charge is 0.165 e. The van der Waals surface area contributed by atoms with E-state index in [2.05, 4.69) is 21.2 Å². The van der Waals surface area contributed by atoms with Gasteiger partial charge in [0.1, 0.15) is 0 Å². The summed E-state index contributed by atoms with van der Waals surface area (Å²) in [5.74, 6) is -0.504. The van der Waals surface area contributed by atoms with Crippen LogP contribution in [-0.2, 0) is 0 Å². The largest absolute Gasteiger partial charge is 0.352 e. The molecule has 2 aromatic rings. The first-order chi connectivity index (χ1) is 8.61. The maximum Gasteiger partial charge on any atom is 0.165 e. The third kappa shape index (κ3) is 2.63. The maximum absolute atomic E-state index is 13.7. The van der Waals surface area contributed by atoms with Crippen molar-refractivity contribution in [1.29, 1.82) is 5.26 Å². The van der Waals surface area contributed by atoms with Crippen LogP contribution < -0.4 is 5.32 Å². The summed E-state index contributed by atoms with van der Waals surface area (Å²) in [4.78, 5) is 0. The van der Waals surface area contributed by atoms with Crippen LogP contribution in [0.25, 0.3) is 0 Å². The van der Waals surface area contributed by atoms with Crippen LogP contribution in [0.2, 0.25) is 5.02 Å². The van der Waals surface area contributed by atoms with E-state index < -0.39 is 5.82 Å². The molecule has 0 aromatic heterocycles. The van der Waals surface area contributed by atoms with Gasteiger partial charge in [0.25, 0.3) is 0 Å². The third-order valence-electron chi connectivity index (χ3n) is 2.32. The van der Waals surface area contributed by atoms with Crippen molar-refractivity contribution in [1.82, 2.24) is 0 Å². The van der Waals surface area contributed by atoms with Gasteiger partial charge < -0.3 is 5.32 Å². The summed E-state index contributed by atoms with van der Waals surface area (Å²) in [5, 5.41) is 11.7. The van der Waals surface area contributed by atoms with Crippen LogP contribution in [0.3, 0.4) is 0 Å². The Balaban J connectivity index is 2.35. The van der Waals surface area contributed by atoms with Crippen molar-refractivity contribution >= 4 is 38.9 Å². The van der Waals surface area contributed by atoms with Crippen LogP contribution in [0, 0.1) is 17.1 Å². The number of hydrogen-bond acceptors (Lipinski definition) is 2. The van der Waals surface area contributed by atoms with Crippen LogP contribution in [0.4, 0.5) is 15.8 Å². The van der Waals surface area contributed by atoms with Gasteiger partial charge in [-0.1, -0.05) is 17.7 Å². The third-order valence-corrected chi connectivity index (χ3v) is 3.27. The summed E-state index contributed by atoms with van der Waals surface area (Å²) in [6.45, 7) is 0. The van der Waals surface area contributed by atoms with E-state index in [-0.39, 0.29) is 10.7 Å². The Labute approximate surface area is 117 Å². The van der Waals surface area contributed by atoms with Crippen molar-refractivity contribution in [2.75, 3.05) is 5.32 Å². The molecule has 0 fully saturated rings. The van der Waals surface area contributed by atoms with Crippen molar-refractivity contribution in [3.63, 3.8) is 0 Å². The van der Waals surface area contributed by atoms with E-state index in [1.807, 2.05) is 6.07 Å². The molecule has 0 aliphatic rings. The predicted molar refractivity (Wildman–Crippen MR) is 73.5 cm³/mol. The minimum atomic E-state index is -0.504. The highest BCUT2D eigenvalue weighted by Crippen LogP contribution is 2.30. The standard InChI is InChI=1S/C13H7BrClFN2/c14-9-6-8(7-17)4-5-11(9)18-12-3-1-2-10(15)13(12)16/h1-6,18H. The molecule has 0 saturated heterocycles. The van der Waals surface area contributed by atoms with Crippen LogP contribution in [0.5, 0.6) is 0 Å². The molecule has 1 N–H and O–H groups in total. The second-order valence-corrected chi connectivity index (χ2v) is 4.79. The second-order valence-electron chi connectivity index (χ2n) is 3.53. The number of nitriles is 1. The SMILES string of the molecule is N#Cc1ccc(Nc2cccc(Cl)c2F)c(Br)c1. The molecule has 0 heterocycles. The second kappa shape index (κ2) is 5.38. The zero-order valence-electron chi connectivity index (χ0n) is 9.05. The fourth-order valence-electron chi connectivity index (χ4n) is 1.43. The molecule has 0 unspecified atom stereocenters. The minimum absolute atomic E-state index is 0.0600. The molecule has 90 valence electrons. The molecule has 0 bridgehead atoms. The number of hydrogen-bond donors (Lipinski definition) is 1. The topological polar surface area (TPSA) is 35.8 Å². The molecule has 5 heteroatoms. The van der Waals surface area contributed by atoms with Crippen LogP contribution in [0.1, 0.15) is 5.56 Å². The summed E-state index contributed by atoms with van der Waals surface area (Å²) >= 11 is 9.02. The molecule has 0 saturated carbocycles. The first-order valence-corrected chi connectivity index (χ1v) is 6.19. The first-order valence-electron chi connectivity index (χ1n) is 5.02. The predicted octanol–water partition coefficient (Wildman–Crippen LogP) is 4.86. The molecule has 0 amide bonds. The van der Waals surface area contributed by atoms with Crippen molar-refractivity contribution in [3.8, 4) is 6.07 Å². The van der Waals surface area contributed by atoms with E-state index in [9.17, 15) is 4.39 Å². The fraction of sp³-hybridized carbons (Fsp3) is 0. The van der Waals surface area contributed by atoms with Crippen LogP contribution in [-0.4, -0.2) is 0 Å². The van der Waals surface area contributed by atoms with Gasteiger partial charge in [-0.05, 0) is 46.3 Å². The van der Waals surface area contributed by atoms with Gasteiger partial charge in [-0.15, -0.1) is 0 Å². The summed E-state index contributed by atoms with van der Waals surface area (Å²) < 4.78 is 14.4. The van der Waals surface area contributed by atoms with Crippen LogP contribution >= 0.6 is 27.5 Å². The molecule has 0 aliphatic heterocycles. The molecule has 18 heavy (non-hydrogen) atoms. The quantitative estimate of drug-likeness (QED) is 0.856. The Kier molecular flexibility index (Phi) is 3.85.